The summed E-state index contributed by atoms with van der Waals surface area (Å²) in [5.74, 6) is 4.36. The zero-order chi connectivity index (χ0) is 15.0. The Bertz CT molecular complexity index is 238. The Morgan fingerprint density at radius 3 is 2.45 bits per heavy atom. The van der Waals surface area contributed by atoms with E-state index in [0.717, 1.165) is 42.7 Å². The second-order valence-corrected chi connectivity index (χ2v) is 7.52. The Morgan fingerprint density at radius 1 is 1.10 bits per heavy atom. The van der Waals surface area contributed by atoms with E-state index in [1.807, 2.05) is 7.11 Å². The van der Waals surface area contributed by atoms with E-state index in [-0.39, 0.29) is 0 Å². The zero-order valence-electron chi connectivity index (χ0n) is 14.5. The number of methoxy groups -OCH3 is 1. The van der Waals surface area contributed by atoms with Crippen molar-refractivity contribution < 1.29 is 4.74 Å². The van der Waals surface area contributed by atoms with Gasteiger partial charge in [-0.25, -0.2) is 0 Å². The maximum absolute atomic E-state index is 5.24. The van der Waals surface area contributed by atoms with Crippen molar-refractivity contribution in [3.05, 3.63) is 0 Å². The maximum atomic E-state index is 5.24. The normalized spacial score (nSPS) is 27.4. The minimum Gasteiger partial charge on any atom is -0.385 e. The van der Waals surface area contributed by atoms with Gasteiger partial charge < -0.3 is 10.1 Å². The van der Waals surface area contributed by atoms with Gasteiger partial charge in [-0.2, -0.15) is 0 Å². The van der Waals surface area contributed by atoms with E-state index in [9.17, 15) is 0 Å². The Hall–Kier alpha value is -0.0800. The summed E-state index contributed by atoms with van der Waals surface area (Å²) in [4.78, 5) is 0. The van der Waals surface area contributed by atoms with Gasteiger partial charge in [-0.05, 0) is 74.8 Å². The van der Waals surface area contributed by atoms with Gasteiger partial charge in [0.1, 0.15) is 0 Å². The van der Waals surface area contributed by atoms with E-state index in [1.54, 1.807) is 0 Å². The highest BCUT2D eigenvalue weighted by Crippen LogP contribution is 2.39. The SMILES string of the molecule is COCCCC1CC(C(C)C)CCC1CNCC(C)C. The summed E-state index contributed by atoms with van der Waals surface area (Å²) in [7, 11) is 1.82. The first-order valence-electron chi connectivity index (χ1n) is 8.74. The summed E-state index contributed by atoms with van der Waals surface area (Å²) >= 11 is 0. The van der Waals surface area contributed by atoms with Crippen LogP contribution in [0.15, 0.2) is 0 Å². The molecule has 0 heterocycles. The summed E-state index contributed by atoms with van der Waals surface area (Å²) in [6.07, 6.45) is 6.88. The van der Waals surface area contributed by atoms with E-state index in [2.05, 4.69) is 33.0 Å². The van der Waals surface area contributed by atoms with Crippen LogP contribution in [0, 0.1) is 29.6 Å². The predicted molar refractivity (Wildman–Crippen MR) is 88.0 cm³/mol. The van der Waals surface area contributed by atoms with Crippen LogP contribution in [0.2, 0.25) is 0 Å². The highest BCUT2D eigenvalue weighted by Gasteiger charge is 2.31. The van der Waals surface area contributed by atoms with Crippen molar-refractivity contribution in [2.24, 2.45) is 29.6 Å². The monoisotopic (exact) mass is 283 g/mol. The largest absolute Gasteiger partial charge is 0.385 e. The lowest BCUT2D eigenvalue weighted by molar-refractivity contribution is 0.121. The molecule has 0 aliphatic heterocycles. The molecule has 1 fully saturated rings. The van der Waals surface area contributed by atoms with Crippen LogP contribution in [0.3, 0.4) is 0 Å². The first-order valence-corrected chi connectivity index (χ1v) is 8.74. The molecule has 1 saturated carbocycles. The molecule has 2 nitrogen and oxygen atoms in total. The first kappa shape index (κ1) is 18.0. The van der Waals surface area contributed by atoms with Gasteiger partial charge in [0.05, 0.1) is 0 Å². The molecular weight excluding hydrogens is 246 g/mol. The van der Waals surface area contributed by atoms with Gasteiger partial charge >= 0.3 is 0 Å². The molecule has 0 saturated heterocycles. The topological polar surface area (TPSA) is 21.3 Å². The zero-order valence-corrected chi connectivity index (χ0v) is 14.5. The average Bonchev–Trinajstić information content (AvgIpc) is 2.39. The molecule has 0 amide bonds. The minimum atomic E-state index is 0.758. The Balaban J connectivity index is 2.43. The number of ether oxygens (including phenoxy) is 1. The summed E-state index contributed by atoms with van der Waals surface area (Å²) in [5, 5.41) is 3.69. The number of hydrogen-bond acceptors (Lipinski definition) is 2. The van der Waals surface area contributed by atoms with Crippen LogP contribution < -0.4 is 5.32 Å². The van der Waals surface area contributed by atoms with E-state index < -0.39 is 0 Å². The predicted octanol–water partition coefficient (Wildman–Crippen LogP) is 4.35. The van der Waals surface area contributed by atoms with Gasteiger partial charge in [0, 0.05) is 13.7 Å². The Labute approximate surface area is 127 Å². The molecule has 1 N–H and O–H groups in total. The van der Waals surface area contributed by atoms with Gasteiger partial charge in [-0.1, -0.05) is 27.7 Å². The van der Waals surface area contributed by atoms with E-state index in [0.29, 0.717) is 0 Å². The molecule has 3 unspecified atom stereocenters. The van der Waals surface area contributed by atoms with Crippen LogP contribution in [0.4, 0.5) is 0 Å². The minimum absolute atomic E-state index is 0.758. The molecule has 1 rings (SSSR count). The van der Waals surface area contributed by atoms with Crippen molar-refractivity contribution in [2.45, 2.75) is 59.8 Å². The van der Waals surface area contributed by atoms with Crippen LogP contribution in [0.25, 0.3) is 0 Å². The van der Waals surface area contributed by atoms with Crippen molar-refractivity contribution in [1.29, 1.82) is 0 Å². The molecule has 3 atom stereocenters. The molecule has 0 spiro atoms. The number of nitrogens with one attached hydrogen (secondary N) is 1. The second-order valence-electron chi connectivity index (χ2n) is 7.52. The van der Waals surface area contributed by atoms with Gasteiger partial charge in [-0.15, -0.1) is 0 Å². The summed E-state index contributed by atoms with van der Waals surface area (Å²) in [6.45, 7) is 12.7. The van der Waals surface area contributed by atoms with Gasteiger partial charge in [-0.3, -0.25) is 0 Å². The molecule has 1 aliphatic carbocycles. The fourth-order valence-electron chi connectivity index (χ4n) is 3.64. The fourth-order valence-corrected chi connectivity index (χ4v) is 3.64. The first-order chi connectivity index (χ1) is 9.54. The third-order valence-electron chi connectivity index (χ3n) is 5.01. The molecule has 0 aromatic carbocycles. The van der Waals surface area contributed by atoms with Crippen molar-refractivity contribution in [3.8, 4) is 0 Å². The van der Waals surface area contributed by atoms with Crippen molar-refractivity contribution in [2.75, 3.05) is 26.8 Å². The smallest absolute Gasteiger partial charge is 0.0462 e. The molecule has 20 heavy (non-hydrogen) atoms. The molecule has 120 valence electrons. The van der Waals surface area contributed by atoms with Gasteiger partial charge in [0.15, 0.2) is 0 Å². The van der Waals surface area contributed by atoms with Crippen molar-refractivity contribution in [1.82, 2.24) is 5.32 Å². The van der Waals surface area contributed by atoms with E-state index in [1.165, 1.54) is 38.6 Å². The van der Waals surface area contributed by atoms with E-state index in [4.69, 9.17) is 4.74 Å². The highest BCUT2D eigenvalue weighted by molar-refractivity contribution is 4.83. The molecule has 0 bridgehead atoms. The Kier molecular flexibility index (Phi) is 8.79. The van der Waals surface area contributed by atoms with Crippen LogP contribution in [-0.4, -0.2) is 26.8 Å². The molecule has 0 radical (unpaired) electrons. The lowest BCUT2D eigenvalue weighted by Gasteiger charge is -2.38. The third-order valence-corrected chi connectivity index (χ3v) is 5.01. The molecule has 0 aromatic rings. The lowest BCUT2D eigenvalue weighted by atomic mass is 9.69. The molecule has 1 aliphatic rings. The summed E-state index contributed by atoms with van der Waals surface area (Å²) < 4.78 is 5.24. The molecule has 2 heteroatoms. The van der Waals surface area contributed by atoms with Gasteiger partial charge in [0.25, 0.3) is 0 Å². The lowest BCUT2D eigenvalue weighted by Crippen LogP contribution is -2.35. The highest BCUT2D eigenvalue weighted by atomic mass is 16.5. The standard InChI is InChI=1S/C18H37NO/c1-14(2)12-19-13-18-9-8-16(15(3)4)11-17(18)7-6-10-20-5/h14-19H,6-13H2,1-5H3. The summed E-state index contributed by atoms with van der Waals surface area (Å²) in [6, 6.07) is 0. The summed E-state index contributed by atoms with van der Waals surface area (Å²) in [5.41, 5.74) is 0. The number of rotatable bonds is 9. The molecule has 0 aromatic heterocycles. The molecular formula is C18H37NO. The van der Waals surface area contributed by atoms with Crippen LogP contribution in [-0.2, 0) is 4.74 Å². The number of hydrogen-bond donors (Lipinski definition) is 1. The van der Waals surface area contributed by atoms with Crippen LogP contribution in [0.5, 0.6) is 0 Å². The van der Waals surface area contributed by atoms with Crippen molar-refractivity contribution >= 4 is 0 Å². The average molecular weight is 284 g/mol. The third kappa shape index (κ3) is 6.58. The maximum Gasteiger partial charge on any atom is 0.0462 e. The second kappa shape index (κ2) is 9.78. The van der Waals surface area contributed by atoms with Gasteiger partial charge in [0.2, 0.25) is 0 Å². The van der Waals surface area contributed by atoms with Crippen LogP contribution in [0.1, 0.15) is 59.8 Å². The van der Waals surface area contributed by atoms with Crippen LogP contribution >= 0.6 is 0 Å². The quantitative estimate of drug-likeness (QED) is 0.635. The fraction of sp³-hybridized carbons (Fsp3) is 1.00. The van der Waals surface area contributed by atoms with Crippen molar-refractivity contribution in [3.63, 3.8) is 0 Å². The Morgan fingerprint density at radius 2 is 1.85 bits per heavy atom. The van der Waals surface area contributed by atoms with E-state index >= 15 is 0 Å².